The van der Waals surface area contributed by atoms with Gasteiger partial charge in [0.2, 0.25) is 0 Å². The number of piperidine rings is 1. The van der Waals surface area contributed by atoms with E-state index in [0.29, 0.717) is 18.7 Å². The van der Waals surface area contributed by atoms with Crippen molar-refractivity contribution in [3.8, 4) is 5.75 Å². The second-order valence-electron chi connectivity index (χ2n) is 4.10. The summed E-state index contributed by atoms with van der Waals surface area (Å²) in [5.41, 5.74) is 0.467. The molecule has 2 N–H and O–H groups in total. The fourth-order valence-corrected chi connectivity index (χ4v) is 1.96. The second kappa shape index (κ2) is 4.53. The van der Waals surface area contributed by atoms with Crippen LogP contribution in [0.25, 0.3) is 0 Å². The van der Waals surface area contributed by atoms with Crippen molar-refractivity contribution in [3.05, 3.63) is 29.8 Å². The van der Waals surface area contributed by atoms with Crippen LogP contribution >= 0.6 is 0 Å². The van der Waals surface area contributed by atoms with Gasteiger partial charge in [-0.15, -0.1) is 0 Å². The van der Waals surface area contributed by atoms with Crippen LogP contribution in [0.15, 0.2) is 24.3 Å². The SMILES string of the molecule is O=C(c1cccc(O)c1)N1CCCC(O)C1. The number of benzene rings is 1. The van der Waals surface area contributed by atoms with E-state index < -0.39 is 6.10 Å². The molecule has 1 fully saturated rings. The lowest BCUT2D eigenvalue weighted by Gasteiger charge is -2.30. The number of aliphatic hydroxyl groups is 1. The maximum atomic E-state index is 12.0. The van der Waals surface area contributed by atoms with Crippen LogP contribution in [0, 0.1) is 0 Å². The molecule has 0 radical (unpaired) electrons. The number of β-amino-alcohol motifs (C(OH)–C–C–N with tert-alkyl or cyclic N) is 1. The molecule has 16 heavy (non-hydrogen) atoms. The number of likely N-dealkylation sites (tertiary alicyclic amines) is 1. The first-order valence-corrected chi connectivity index (χ1v) is 5.43. The van der Waals surface area contributed by atoms with Crippen molar-refractivity contribution in [2.24, 2.45) is 0 Å². The van der Waals surface area contributed by atoms with E-state index in [1.54, 1.807) is 17.0 Å². The summed E-state index contributed by atoms with van der Waals surface area (Å²) >= 11 is 0. The molecule has 4 heteroatoms. The Kier molecular flexibility index (Phi) is 3.10. The lowest BCUT2D eigenvalue weighted by molar-refractivity contribution is 0.0473. The molecule has 1 amide bonds. The number of aromatic hydroxyl groups is 1. The molecule has 0 aromatic heterocycles. The van der Waals surface area contributed by atoms with Gasteiger partial charge < -0.3 is 15.1 Å². The van der Waals surface area contributed by atoms with E-state index in [1.807, 2.05) is 0 Å². The molecule has 1 aliphatic heterocycles. The van der Waals surface area contributed by atoms with Crippen molar-refractivity contribution in [3.63, 3.8) is 0 Å². The maximum absolute atomic E-state index is 12.0. The quantitative estimate of drug-likeness (QED) is 0.743. The Balaban J connectivity index is 2.12. The van der Waals surface area contributed by atoms with Gasteiger partial charge in [-0.05, 0) is 31.0 Å². The fraction of sp³-hybridized carbons (Fsp3) is 0.417. The molecule has 1 unspecified atom stereocenters. The van der Waals surface area contributed by atoms with Gasteiger partial charge in [0.05, 0.1) is 6.10 Å². The van der Waals surface area contributed by atoms with E-state index in [1.165, 1.54) is 12.1 Å². The summed E-state index contributed by atoms with van der Waals surface area (Å²) in [5, 5.41) is 18.8. The van der Waals surface area contributed by atoms with Crippen LogP contribution < -0.4 is 0 Å². The van der Waals surface area contributed by atoms with Crippen LogP contribution in [0.2, 0.25) is 0 Å². The first-order valence-electron chi connectivity index (χ1n) is 5.43. The number of phenolic OH excluding ortho intramolecular Hbond substituents is 1. The van der Waals surface area contributed by atoms with Gasteiger partial charge in [-0.25, -0.2) is 0 Å². The van der Waals surface area contributed by atoms with Crippen LogP contribution in [0.5, 0.6) is 5.75 Å². The summed E-state index contributed by atoms with van der Waals surface area (Å²) < 4.78 is 0. The van der Waals surface area contributed by atoms with Crippen LogP contribution in [-0.2, 0) is 0 Å². The van der Waals surface area contributed by atoms with Crippen LogP contribution in [0.4, 0.5) is 0 Å². The zero-order valence-electron chi connectivity index (χ0n) is 8.97. The average molecular weight is 221 g/mol. The third-order valence-electron chi connectivity index (χ3n) is 2.78. The fourth-order valence-electron chi connectivity index (χ4n) is 1.96. The molecule has 86 valence electrons. The van der Waals surface area contributed by atoms with Crippen LogP contribution in [-0.4, -0.2) is 40.2 Å². The summed E-state index contributed by atoms with van der Waals surface area (Å²) in [4.78, 5) is 13.6. The second-order valence-corrected chi connectivity index (χ2v) is 4.10. The minimum Gasteiger partial charge on any atom is -0.508 e. The molecule has 0 spiro atoms. The lowest BCUT2D eigenvalue weighted by atomic mass is 10.1. The molecule has 1 heterocycles. The van der Waals surface area contributed by atoms with Crippen LogP contribution in [0.1, 0.15) is 23.2 Å². The first-order chi connectivity index (χ1) is 7.66. The molecule has 0 bridgehead atoms. The largest absolute Gasteiger partial charge is 0.508 e. The van der Waals surface area contributed by atoms with E-state index in [2.05, 4.69) is 0 Å². The number of carbonyl (C=O) groups is 1. The highest BCUT2D eigenvalue weighted by atomic mass is 16.3. The van der Waals surface area contributed by atoms with Crippen molar-refractivity contribution in [1.29, 1.82) is 0 Å². The predicted molar refractivity (Wildman–Crippen MR) is 59.3 cm³/mol. The average Bonchev–Trinajstić information content (AvgIpc) is 2.28. The lowest BCUT2D eigenvalue weighted by Crippen LogP contribution is -2.42. The van der Waals surface area contributed by atoms with Crippen molar-refractivity contribution in [2.75, 3.05) is 13.1 Å². The minimum atomic E-state index is -0.421. The molecule has 1 aromatic rings. The Bertz CT molecular complexity index is 392. The van der Waals surface area contributed by atoms with Gasteiger partial charge in [0, 0.05) is 18.7 Å². The minimum absolute atomic E-state index is 0.0865. The maximum Gasteiger partial charge on any atom is 0.254 e. The zero-order chi connectivity index (χ0) is 11.5. The molecule has 1 atom stereocenters. The Morgan fingerprint density at radius 3 is 2.94 bits per heavy atom. The normalized spacial score (nSPS) is 20.8. The van der Waals surface area contributed by atoms with Gasteiger partial charge >= 0.3 is 0 Å². The number of hydrogen-bond donors (Lipinski definition) is 2. The van der Waals surface area contributed by atoms with Gasteiger partial charge in [0.15, 0.2) is 0 Å². The molecule has 0 aliphatic carbocycles. The number of nitrogens with zero attached hydrogens (tertiary/aromatic N) is 1. The third-order valence-corrected chi connectivity index (χ3v) is 2.78. The number of carbonyl (C=O) groups excluding carboxylic acids is 1. The van der Waals surface area contributed by atoms with Gasteiger partial charge in [-0.2, -0.15) is 0 Å². The predicted octanol–water partition coefficient (Wildman–Crippen LogP) is 0.989. The molecule has 0 saturated carbocycles. The summed E-state index contributed by atoms with van der Waals surface area (Å²) in [6, 6.07) is 6.29. The van der Waals surface area contributed by atoms with E-state index in [9.17, 15) is 15.0 Å². The van der Waals surface area contributed by atoms with Crippen molar-refractivity contribution >= 4 is 5.91 Å². The summed E-state index contributed by atoms with van der Waals surface area (Å²) in [5.74, 6) is -0.0435. The molecule has 1 aliphatic rings. The standard InChI is InChI=1S/C12H15NO3/c14-10-4-1-3-9(7-10)12(16)13-6-2-5-11(15)8-13/h1,3-4,7,11,14-15H,2,5-6,8H2. The topological polar surface area (TPSA) is 60.8 Å². The van der Waals surface area contributed by atoms with Crippen molar-refractivity contribution < 1.29 is 15.0 Å². The molecular weight excluding hydrogens is 206 g/mol. The summed E-state index contributed by atoms with van der Waals surface area (Å²) in [6.45, 7) is 1.06. The van der Waals surface area contributed by atoms with E-state index in [-0.39, 0.29) is 11.7 Å². The monoisotopic (exact) mass is 221 g/mol. The van der Waals surface area contributed by atoms with Crippen molar-refractivity contribution in [2.45, 2.75) is 18.9 Å². The van der Waals surface area contributed by atoms with Gasteiger partial charge in [0.1, 0.15) is 5.75 Å². The summed E-state index contributed by atoms with van der Waals surface area (Å²) in [6.07, 6.45) is 1.16. The van der Waals surface area contributed by atoms with E-state index in [0.717, 1.165) is 12.8 Å². The number of phenols is 1. The van der Waals surface area contributed by atoms with Crippen molar-refractivity contribution in [1.82, 2.24) is 4.90 Å². The van der Waals surface area contributed by atoms with Crippen LogP contribution in [0.3, 0.4) is 0 Å². The number of rotatable bonds is 1. The first kappa shape index (κ1) is 11.0. The highest BCUT2D eigenvalue weighted by Crippen LogP contribution is 2.16. The Labute approximate surface area is 94.1 Å². The smallest absolute Gasteiger partial charge is 0.254 e. The molecule has 1 aromatic carbocycles. The van der Waals surface area contributed by atoms with E-state index in [4.69, 9.17) is 0 Å². The van der Waals surface area contributed by atoms with Gasteiger partial charge in [-0.1, -0.05) is 6.07 Å². The summed E-state index contributed by atoms with van der Waals surface area (Å²) in [7, 11) is 0. The Hall–Kier alpha value is -1.55. The van der Waals surface area contributed by atoms with E-state index >= 15 is 0 Å². The zero-order valence-corrected chi connectivity index (χ0v) is 8.97. The number of aliphatic hydroxyl groups excluding tert-OH is 1. The number of amides is 1. The Morgan fingerprint density at radius 1 is 1.44 bits per heavy atom. The third kappa shape index (κ3) is 2.33. The molecule has 4 nitrogen and oxygen atoms in total. The highest BCUT2D eigenvalue weighted by Gasteiger charge is 2.22. The Morgan fingerprint density at radius 2 is 2.25 bits per heavy atom. The molecular formula is C12H15NO3. The van der Waals surface area contributed by atoms with Gasteiger partial charge in [-0.3, -0.25) is 4.79 Å². The van der Waals surface area contributed by atoms with Gasteiger partial charge in [0.25, 0.3) is 5.91 Å². The molecule has 1 saturated heterocycles. The highest BCUT2D eigenvalue weighted by molar-refractivity contribution is 5.94. The number of hydrogen-bond acceptors (Lipinski definition) is 3. The molecule has 2 rings (SSSR count).